The van der Waals surface area contributed by atoms with E-state index in [0.29, 0.717) is 30.8 Å². The summed E-state index contributed by atoms with van der Waals surface area (Å²) in [5.74, 6) is 0.108. The number of aryl methyl sites for hydroxylation is 1. The number of hydrogen-bond donors (Lipinski definition) is 2. The van der Waals surface area contributed by atoms with Crippen LogP contribution >= 0.6 is 8.60 Å². The number of benzene rings is 1. The molecule has 3 aromatic rings. The Morgan fingerprint density at radius 1 is 0.843 bits per heavy atom. The number of rotatable bonds is 30. The highest BCUT2D eigenvalue weighted by Gasteiger charge is 2.19. The number of anilines is 1. The minimum absolute atomic E-state index is 0.0362. The zero-order valence-corrected chi connectivity index (χ0v) is 31.8. The first-order valence-electron chi connectivity index (χ1n) is 19.2. The van der Waals surface area contributed by atoms with E-state index in [1.54, 1.807) is 17.7 Å². The minimum atomic E-state index is -2.19. The molecule has 3 rings (SSSR count). The number of methoxy groups -OCH3 is 1. The smallest absolute Gasteiger partial charge is 0.330 e. The maximum absolute atomic E-state index is 14.3. The molecule has 0 aliphatic rings. The number of fused-ring (bicyclic) bond motifs is 1. The summed E-state index contributed by atoms with van der Waals surface area (Å²) < 4.78 is 39.0. The minimum Gasteiger partial charge on any atom is -0.488 e. The van der Waals surface area contributed by atoms with Crippen LogP contribution in [0.4, 0.5) is 10.2 Å². The van der Waals surface area contributed by atoms with Crippen LogP contribution in [0.2, 0.25) is 0 Å². The Morgan fingerprint density at radius 2 is 1.43 bits per heavy atom. The van der Waals surface area contributed by atoms with E-state index in [4.69, 9.17) is 29.5 Å². The van der Waals surface area contributed by atoms with Crippen molar-refractivity contribution >= 4 is 19.9 Å². The molecule has 10 nitrogen and oxygen atoms in total. The molecule has 2 heterocycles. The quantitative estimate of drug-likeness (QED) is 0.0507. The lowest BCUT2D eigenvalue weighted by molar-refractivity contribution is 0.0388. The Labute approximate surface area is 306 Å². The van der Waals surface area contributed by atoms with Crippen molar-refractivity contribution in [2.75, 3.05) is 26.1 Å². The molecule has 3 N–H and O–H groups in total. The third kappa shape index (κ3) is 17.0. The van der Waals surface area contributed by atoms with Crippen LogP contribution in [0, 0.1) is 17.1 Å². The second-order valence-corrected chi connectivity index (χ2v) is 14.4. The number of nitrogen functional groups attached to an aromatic ring is 1. The summed E-state index contributed by atoms with van der Waals surface area (Å²) in [7, 11) is -0.586. The maximum Gasteiger partial charge on any atom is 0.330 e. The number of nitrogens with zero attached hydrogens (tertiary/aromatic N) is 4. The van der Waals surface area contributed by atoms with Gasteiger partial charge in [0.2, 0.25) is 0 Å². The van der Waals surface area contributed by atoms with Crippen LogP contribution in [-0.2, 0) is 20.2 Å². The highest BCUT2D eigenvalue weighted by Crippen LogP contribution is 2.34. The number of halogens is 1. The van der Waals surface area contributed by atoms with Crippen LogP contribution in [-0.4, -0.2) is 52.0 Å². The third-order valence-electron chi connectivity index (χ3n) is 9.35. The van der Waals surface area contributed by atoms with Gasteiger partial charge in [-0.25, -0.2) is 13.9 Å². The van der Waals surface area contributed by atoms with Gasteiger partial charge in [0.05, 0.1) is 24.9 Å². The monoisotopic (exact) mass is 729 g/mol. The summed E-state index contributed by atoms with van der Waals surface area (Å²) in [6, 6.07) is 9.88. The number of ether oxygens (including phenoxy) is 2. The van der Waals surface area contributed by atoms with E-state index < -0.39 is 20.5 Å². The fraction of sp³-hybridized carbons (Fsp3) is 0.667. The van der Waals surface area contributed by atoms with E-state index >= 15 is 0 Å². The molecule has 0 amide bonds. The average molecular weight is 730 g/mol. The summed E-state index contributed by atoms with van der Waals surface area (Å²) in [4.78, 5) is 14.6. The summed E-state index contributed by atoms with van der Waals surface area (Å²) in [6.07, 6.45) is 24.8. The van der Waals surface area contributed by atoms with Gasteiger partial charge < -0.3 is 29.1 Å². The lowest BCUT2D eigenvalue weighted by Crippen LogP contribution is -2.23. The fourth-order valence-electron chi connectivity index (χ4n) is 6.23. The zero-order chi connectivity index (χ0) is 36.5. The fourth-order valence-corrected chi connectivity index (χ4v) is 6.89. The molecule has 0 radical (unpaired) electrons. The van der Waals surface area contributed by atoms with Crippen molar-refractivity contribution in [3.05, 3.63) is 53.7 Å². The van der Waals surface area contributed by atoms with E-state index in [-0.39, 0.29) is 24.9 Å². The topological polar surface area (TPSA) is 137 Å². The van der Waals surface area contributed by atoms with Gasteiger partial charge in [-0.3, -0.25) is 0 Å². The van der Waals surface area contributed by atoms with Crippen molar-refractivity contribution in [2.24, 2.45) is 0 Å². The molecule has 3 unspecified atom stereocenters. The number of aromatic nitrogens is 3. The lowest BCUT2D eigenvalue weighted by atomic mass is 10.0. The van der Waals surface area contributed by atoms with Gasteiger partial charge in [-0.05, 0) is 49.9 Å². The Hall–Kier alpha value is -2.87. The van der Waals surface area contributed by atoms with Crippen molar-refractivity contribution in [1.29, 1.82) is 5.26 Å². The Balaban J connectivity index is 1.32. The molecule has 0 bridgehead atoms. The lowest BCUT2D eigenvalue weighted by Gasteiger charge is -2.22. The van der Waals surface area contributed by atoms with Crippen LogP contribution in [0.1, 0.15) is 140 Å². The number of hydrogen-bond acceptors (Lipinski definition) is 9. The van der Waals surface area contributed by atoms with E-state index in [0.717, 1.165) is 30.5 Å². The van der Waals surface area contributed by atoms with Gasteiger partial charge in [-0.15, -0.1) is 0 Å². The Kier molecular flexibility index (Phi) is 21.7. The van der Waals surface area contributed by atoms with E-state index in [1.807, 2.05) is 18.2 Å². The SMILES string of the molecule is CCCCCCCCCCCCCCCCCCCC(COP(O)OCC(CCc1ccc2c(N)ncnn12)OC)Oc1ccc(C#N)c(F)c1. The van der Waals surface area contributed by atoms with Gasteiger partial charge in [0.15, 0.2) is 5.82 Å². The summed E-state index contributed by atoms with van der Waals surface area (Å²) in [6.45, 7) is 2.49. The van der Waals surface area contributed by atoms with Crippen molar-refractivity contribution in [1.82, 2.24) is 14.6 Å². The van der Waals surface area contributed by atoms with Gasteiger partial charge >= 0.3 is 8.60 Å². The molecular weight excluding hydrogens is 668 g/mol. The third-order valence-corrected chi connectivity index (χ3v) is 10.1. The molecule has 3 atom stereocenters. The first kappa shape index (κ1) is 42.5. The number of nitrogens with two attached hydrogens (primary N) is 1. The van der Waals surface area contributed by atoms with Crippen LogP contribution < -0.4 is 10.5 Å². The number of nitriles is 1. The van der Waals surface area contributed by atoms with Crippen LogP contribution in [0.15, 0.2) is 36.7 Å². The highest BCUT2D eigenvalue weighted by atomic mass is 31.2. The normalized spacial score (nSPS) is 13.3. The predicted molar refractivity (Wildman–Crippen MR) is 202 cm³/mol. The predicted octanol–water partition coefficient (Wildman–Crippen LogP) is 10.0. The average Bonchev–Trinajstić information content (AvgIpc) is 3.56. The van der Waals surface area contributed by atoms with E-state index in [1.165, 1.54) is 108 Å². The zero-order valence-electron chi connectivity index (χ0n) is 30.9. The maximum atomic E-state index is 14.3. The van der Waals surface area contributed by atoms with Gasteiger partial charge in [0, 0.05) is 18.9 Å². The summed E-state index contributed by atoms with van der Waals surface area (Å²) >= 11 is 0. The highest BCUT2D eigenvalue weighted by molar-refractivity contribution is 7.40. The first-order chi connectivity index (χ1) is 24.9. The van der Waals surface area contributed by atoms with Crippen LogP contribution in [0.25, 0.3) is 5.52 Å². The first-order valence-corrected chi connectivity index (χ1v) is 20.3. The molecule has 0 fully saturated rings. The van der Waals surface area contributed by atoms with Gasteiger partial charge in [-0.2, -0.15) is 10.4 Å². The van der Waals surface area contributed by atoms with Crippen molar-refractivity contribution in [2.45, 2.75) is 148 Å². The number of unbranched alkanes of at least 4 members (excludes halogenated alkanes) is 16. The molecule has 0 aliphatic heterocycles. The molecule has 284 valence electrons. The molecule has 51 heavy (non-hydrogen) atoms. The summed E-state index contributed by atoms with van der Waals surface area (Å²) in [5, 5.41) is 13.4. The second kappa shape index (κ2) is 26.0. The molecule has 0 aliphatic carbocycles. The van der Waals surface area contributed by atoms with Crippen molar-refractivity contribution in [3.8, 4) is 11.8 Å². The molecular formula is C39H61FN5O5P. The van der Waals surface area contributed by atoms with Gasteiger partial charge in [0.1, 0.15) is 35.6 Å². The van der Waals surface area contributed by atoms with E-state index in [2.05, 4.69) is 17.0 Å². The molecule has 0 saturated heterocycles. The second-order valence-electron chi connectivity index (χ2n) is 13.4. The summed E-state index contributed by atoms with van der Waals surface area (Å²) in [5.41, 5.74) is 7.62. The Morgan fingerprint density at radius 3 is 2.00 bits per heavy atom. The van der Waals surface area contributed by atoms with Crippen molar-refractivity contribution < 1.29 is 27.8 Å². The molecule has 2 aromatic heterocycles. The molecule has 0 spiro atoms. The Bertz CT molecular complexity index is 1410. The van der Waals surface area contributed by atoms with Gasteiger partial charge in [-0.1, -0.05) is 110 Å². The van der Waals surface area contributed by atoms with Crippen LogP contribution in [0.3, 0.4) is 0 Å². The van der Waals surface area contributed by atoms with Crippen molar-refractivity contribution in [3.63, 3.8) is 0 Å². The van der Waals surface area contributed by atoms with Gasteiger partial charge in [0.25, 0.3) is 0 Å². The van der Waals surface area contributed by atoms with Crippen LogP contribution in [0.5, 0.6) is 5.75 Å². The molecule has 0 saturated carbocycles. The molecule has 12 heteroatoms. The van der Waals surface area contributed by atoms with E-state index in [9.17, 15) is 9.28 Å². The largest absolute Gasteiger partial charge is 0.488 e. The standard InChI is InChI=1S/C39H61FN5O5P/c1-3-4-5-6-7-8-9-10-11-12-13-14-15-16-17-18-19-20-36(50-34-24-21-32(28-41)37(40)27-34)30-49-51(46)48-29-35(47-2)25-22-33-23-26-38-39(42)43-31-44-45(33)38/h21,23-24,26-27,31,35-36,46H,3-20,22,25,29-30H2,1-2H3,(H2,42,43,44). The molecule has 1 aromatic carbocycles.